The molecule has 18 heavy (non-hydrogen) atoms. The first-order valence-electron chi connectivity index (χ1n) is 7.88. The van der Waals surface area contributed by atoms with E-state index in [1.165, 1.54) is 51.5 Å². The van der Waals surface area contributed by atoms with Crippen LogP contribution >= 0.6 is 0 Å². The fourth-order valence-corrected chi connectivity index (χ4v) is 4.33. The highest BCUT2D eigenvalue weighted by Crippen LogP contribution is 2.36. The lowest BCUT2D eigenvalue weighted by molar-refractivity contribution is -0.0166. The molecule has 3 heteroatoms. The van der Waals surface area contributed by atoms with Crippen molar-refractivity contribution in [2.75, 3.05) is 19.8 Å². The highest BCUT2D eigenvalue weighted by atomic mass is 16.5. The maximum Gasteiger partial charge on any atom is 0.0583 e. The Balaban J connectivity index is 1.65. The van der Waals surface area contributed by atoms with Crippen molar-refractivity contribution in [3.05, 3.63) is 0 Å². The number of hydrogen-bond donors (Lipinski definition) is 1. The third-order valence-electron chi connectivity index (χ3n) is 5.28. The van der Waals surface area contributed by atoms with Crippen LogP contribution in [0.25, 0.3) is 0 Å². The largest absolute Gasteiger partial charge is 0.393 e. The van der Waals surface area contributed by atoms with Gasteiger partial charge in [0.2, 0.25) is 0 Å². The van der Waals surface area contributed by atoms with E-state index in [2.05, 4.69) is 4.90 Å². The second-order valence-electron chi connectivity index (χ2n) is 6.31. The van der Waals surface area contributed by atoms with Crippen LogP contribution in [-0.2, 0) is 4.74 Å². The van der Waals surface area contributed by atoms with Crippen LogP contribution in [-0.4, -0.2) is 48.0 Å². The van der Waals surface area contributed by atoms with Crippen LogP contribution in [0.5, 0.6) is 0 Å². The lowest BCUT2D eigenvalue weighted by atomic mass is 9.80. The zero-order valence-electron chi connectivity index (χ0n) is 11.4. The highest BCUT2D eigenvalue weighted by molar-refractivity contribution is 4.93. The minimum atomic E-state index is -0.0378. The lowest BCUT2D eigenvalue weighted by Gasteiger charge is -2.41. The van der Waals surface area contributed by atoms with Gasteiger partial charge in [0, 0.05) is 31.2 Å². The molecule has 3 unspecified atom stereocenters. The van der Waals surface area contributed by atoms with Crippen LogP contribution < -0.4 is 0 Å². The zero-order chi connectivity index (χ0) is 12.4. The topological polar surface area (TPSA) is 32.7 Å². The van der Waals surface area contributed by atoms with Crippen molar-refractivity contribution in [1.82, 2.24) is 4.90 Å². The predicted molar refractivity (Wildman–Crippen MR) is 71.5 cm³/mol. The van der Waals surface area contributed by atoms with E-state index in [-0.39, 0.29) is 6.10 Å². The van der Waals surface area contributed by atoms with E-state index in [0.29, 0.717) is 12.0 Å². The molecule has 0 aromatic heterocycles. The van der Waals surface area contributed by atoms with Crippen LogP contribution in [0.4, 0.5) is 0 Å². The molecule has 3 aliphatic rings. The van der Waals surface area contributed by atoms with Gasteiger partial charge in [0.1, 0.15) is 0 Å². The van der Waals surface area contributed by atoms with Crippen molar-refractivity contribution < 1.29 is 9.84 Å². The van der Waals surface area contributed by atoms with Gasteiger partial charge in [-0.2, -0.15) is 0 Å². The van der Waals surface area contributed by atoms with Gasteiger partial charge >= 0.3 is 0 Å². The van der Waals surface area contributed by atoms with E-state index in [9.17, 15) is 5.11 Å². The summed E-state index contributed by atoms with van der Waals surface area (Å²) in [6.45, 7) is 3.11. The Morgan fingerprint density at radius 1 is 0.889 bits per heavy atom. The van der Waals surface area contributed by atoms with Crippen LogP contribution in [0, 0.1) is 5.92 Å². The van der Waals surface area contributed by atoms with Gasteiger partial charge in [-0.15, -0.1) is 0 Å². The minimum Gasteiger partial charge on any atom is -0.393 e. The van der Waals surface area contributed by atoms with Crippen molar-refractivity contribution >= 4 is 0 Å². The fourth-order valence-electron chi connectivity index (χ4n) is 4.33. The van der Waals surface area contributed by atoms with Crippen molar-refractivity contribution in [1.29, 1.82) is 0 Å². The predicted octanol–water partition coefficient (Wildman–Crippen LogP) is 2.18. The number of rotatable bonds is 2. The molecule has 1 N–H and O–H groups in total. The average molecular weight is 253 g/mol. The number of aliphatic hydroxyl groups is 1. The van der Waals surface area contributed by atoms with Gasteiger partial charge in [-0.1, -0.05) is 12.8 Å². The molecule has 0 bridgehead atoms. The second-order valence-corrected chi connectivity index (χ2v) is 6.31. The zero-order valence-corrected chi connectivity index (χ0v) is 11.4. The number of nitrogens with zero attached hydrogens (tertiary/aromatic N) is 1. The van der Waals surface area contributed by atoms with Gasteiger partial charge in [0.05, 0.1) is 6.10 Å². The first-order chi connectivity index (χ1) is 8.86. The van der Waals surface area contributed by atoms with E-state index < -0.39 is 0 Å². The number of aliphatic hydroxyl groups excluding tert-OH is 1. The molecule has 3 rings (SSSR count). The normalized spacial score (nSPS) is 40.2. The molecule has 1 aliphatic carbocycles. The van der Waals surface area contributed by atoms with Crippen molar-refractivity contribution in [2.24, 2.45) is 5.92 Å². The monoisotopic (exact) mass is 253 g/mol. The Kier molecular flexibility index (Phi) is 4.22. The molecule has 0 spiro atoms. The summed E-state index contributed by atoms with van der Waals surface area (Å²) < 4.78 is 5.49. The molecule has 0 aromatic rings. The van der Waals surface area contributed by atoms with Gasteiger partial charge in [-0.05, 0) is 45.1 Å². The van der Waals surface area contributed by atoms with E-state index in [1.54, 1.807) is 0 Å². The summed E-state index contributed by atoms with van der Waals surface area (Å²) in [6, 6.07) is 1.38. The first kappa shape index (κ1) is 12.9. The summed E-state index contributed by atoms with van der Waals surface area (Å²) in [5, 5.41) is 10.3. The maximum atomic E-state index is 10.3. The molecule has 0 aromatic carbocycles. The molecular weight excluding hydrogens is 226 g/mol. The minimum absolute atomic E-state index is 0.0378. The smallest absolute Gasteiger partial charge is 0.0583 e. The Bertz CT molecular complexity index is 265. The van der Waals surface area contributed by atoms with Crippen molar-refractivity contribution in [3.63, 3.8) is 0 Å². The van der Waals surface area contributed by atoms with E-state index in [4.69, 9.17) is 4.74 Å². The molecule has 0 radical (unpaired) electrons. The summed E-state index contributed by atoms with van der Waals surface area (Å²) >= 11 is 0. The first-order valence-corrected chi connectivity index (χ1v) is 7.88. The van der Waals surface area contributed by atoms with Gasteiger partial charge in [0.25, 0.3) is 0 Å². The second kappa shape index (κ2) is 5.89. The van der Waals surface area contributed by atoms with Gasteiger partial charge in [-0.3, -0.25) is 4.90 Å². The summed E-state index contributed by atoms with van der Waals surface area (Å²) in [7, 11) is 0. The van der Waals surface area contributed by atoms with Crippen LogP contribution in [0.1, 0.15) is 51.4 Å². The van der Waals surface area contributed by atoms with Crippen LogP contribution in [0.3, 0.4) is 0 Å². The molecule has 104 valence electrons. The lowest BCUT2D eigenvalue weighted by Crippen LogP contribution is -2.48. The number of likely N-dealkylation sites (tertiary alicyclic amines) is 1. The van der Waals surface area contributed by atoms with E-state index in [1.807, 2.05) is 0 Å². The van der Waals surface area contributed by atoms with Crippen molar-refractivity contribution in [2.45, 2.75) is 69.6 Å². The van der Waals surface area contributed by atoms with Crippen molar-refractivity contribution in [3.8, 4) is 0 Å². The van der Waals surface area contributed by atoms with E-state index in [0.717, 1.165) is 25.7 Å². The Morgan fingerprint density at radius 2 is 1.67 bits per heavy atom. The fraction of sp³-hybridized carbons (Fsp3) is 1.00. The number of ether oxygens (including phenoxy) is 1. The maximum absolute atomic E-state index is 10.3. The molecule has 0 amide bonds. The molecule has 2 aliphatic heterocycles. The molecule has 2 heterocycles. The third-order valence-corrected chi connectivity index (χ3v) is 5.28. The summed E-state index contributed by atoms with van der Waals surface area (Å²) in [6.07, 6.45) is 9.79. The van der Waals surface area contributed by atoms with Crippen LogP contribution in [0.15, 0.2) is 0 Å². The Hall–Kier alpha value is -0.120. The number of hydrogen-bond acceptors (Lipinski definition) is 3. The molecule has 2 saturated heterocycles. The molecular formula is C15H27NO2. The third kappa shape index (κ3) is 2.59. The summed E-state index contributed by atoms with van der Waals surface area (Å²) in [5.74, 6) is 0.545. The Labute approximate surface area is 110 Å². The molecule has 1 saturated carbocycles. The quantitative estimate of drug-likeness (QED) is 0.819. The van der Waals surface area contributed by atoms with Gasteiger partial charge in [0.15, 0.2) is 0 Å². The average Bonchev–Trinajstić information content (AvgIpc) is 2.89. The standard InChI is InChI=1S/C15H27NO2/c17-15-6-2-1-4-13(15)14-5-3-9-16(14)12-7-10-18-11-8-12/h12-15,17H,1-11H2. The van der Waals surface area contributed by atoms with Crippen LogP contribution in [0.2, 0.25) is 0 Å². The van der Waals surface area contributed by atoms with Gasteiger partial charge < -0.3 is 9.84 Å². The highest BCUT2D eigenvalue weighted by Gasteiger charge is 2.39. The molecule has 3 atom stereocenters. The molecule has 3 nitrogen and oxygen atoms in total. The van der Waals surface area contributed by atoms with E-state index >= 15 is 0 Å². The Morgan fingerprint density at radius 3 is 2.44 bits per heavy atom. The summed E-state index contributed by atoms with van der Waals surface area (Å²) in [5.41, 5.74) is 0. The summed E-state index contributed by atoms with van der Waals surface area (Å²) in [4.78, 5) is 2.72. The molecule has 3 fully saturated rings. The van der Waals surface area contributed by atoms with Gasteiger partial charge in [-0.25, -0.2) is 0 Å². The SMILES string of the molecule is OC1CCCCC1C1CCCN1C1CCOCC1.